The van der Waals surface area contributed by atoms with Crippen LogP contribution in [0.5, 0.6) is 0 Å². The van der Waals surface area contributed by atoms with Gasteiger partial charge in [-0.05, 0) is 43.7 Å². The highest BCUT2D eigenvalue weighted by atomic mass is 16.4. The van der Waals surface area contributed by atoms with Crippen LogP contribution in [-0.4, -0.2) is 29.1 Å². The fourth-order valence-corrected chi connectivity index (χ4v) is 2.61. The van der Waals surface area contributed by atoms with E-state index in [1.54, 1.807) is 0 Å². The van der Waals surface area contributed by atoms with E-state index in [0.29, 0.717) is 6.42 Å². The summed E-state index contributed by atoms with van der Waals surface area (Å²) in [6.45, 7) is 4.21. The molecule has 1 N–H and O–H groups in total. The van der Waals surface area contributed by atoms with Crippen LogP contribution in [0.25, 0.3) is 0 Å². The Hall–Kier alpha value is -1.58. The Labute approximate surface area is 108 Å². The van der Waals surface area contributed by atoms with Gasteiger partial charge in [-0.2, -0.15) is 0 Å². The molecular weight excluding hydrogens is 228 g/mol. The second-order valence-corrected chi connectivity index (χ2v) is 4.91. The number of rotatable bonds is 4. The van der Waals surface area contributed by atoms with Gasteiger partial charge in [-0.25, -0.2) is 0 Å². The largest absolute Gasteiger partial charge is 0.481 e. The van der Waals surface area contributed by atoms with Crippen molar-refractivity contribution in [3.8, 4) is 0 Å². The number of carbonyl (C=O) groups is 1. The number of nitrogens with zero attached hydrogens (tertiary/aromatic N) is 2. The maximum absolute atomic E-state index is 10.7. The van der Waals surface area contributed by atoms with Crippen molar-refractivity contribution in [3.05, 3.63) is 23.5 Å². The van der Waals surface area contributed by atoms with Gasteiger partial charge in [-0.15, -0.1) is 0 Å². The highest BCUT2D eigenvalue weighted by Crippen LogP contribution is 2.28. The molecule has 0 radical (unpaired) electrons. The zero-order chi connectivity index (χ0) is 13.0. The molecule has 1 aliphatic rings. The second kappa shape index (κ2) is 5.85. The van der Waals surface area contributed by atoms with Gasteiger partial charge in [0.2, 0.25) is 0 Å². The van der Waals surface area contributed by atoms with Crippen LogP contribution in [0.1, 0.15) is 36.8 Å². The fraction of sp³-hybridized carbons (Fsp3) is 0.571. The monoisotopic (exact) mass is 248 g/mol. The Morgan fingerprint density at radius 3 is 2.72 bits per heavy atom. The van der Waals surface area contributed by atoms with Gasteiger partial charge in [-0.1, -0.05) is 0 Å². The third-order valence-corrected chi connectivity index (χ3v) is 3.46. The standard InChI is InChI=1S/C14H20N2O2/c1-11-9-15-10-12(5-6-13(17)18)14(11)16-7-3-2-4-8-16/h9-10H,2-8H2,1H3,(H,17,18). The first-order chi connectivity index (χ1) is 8.68. The van der Waals surface area contributed by atoms with Crippen LogP contribution in [0.4, 0.5) is 5.69 Å². The zero-order valence-electron chi connectivity index (χ0n) is 10.9. The van der Waals surface area contributed by atoms with Crippen LogP contribution in [0, 0.1) is 6.92 Å². The van der Waals surface area contributed by atoms with Gasteiger partial charge in [0.1, 0.15) is 0 Å². The number of carboxylic acids is 1. The highest BCUT2D eigenvalue weighted by molar-refractivity contribution is 5.68. The molecule has 0 amide bonds. The number of aromatic nitrogens is 1. The van der Waals surface area contributed by atoms with E-state index in [4.69, 9.17) is 5.11 Å². The number of aliphatic carboxylic acids is 1. The molecule has 4 heteroatoms. The van der Waals surface area contributed by atoms with Gasteiger partial charge in [0.05, 0.1) is 0 Å². The summed E-state index contributed by atoms with van der Waals surface area (Å²) in [5.41, 5.74) is 3.44. The molecule has 0 aliphatic carbocycles. The Balaban J connectivity index is 2.22. The van der Waals surface area contributed by atoms with Crippen molar-refractivity contribution in [3.63, 3.8) is 0 Å². The Morgan fingerprint density at radius 2 is 2.06 bits per heavy atom. The number of aryl methyl sites for hydroxylation is 2. The van der Waals surface area contributed by atoms with Crippen LogP contribution in [0.2, 0.25) is 0 Å². The molecule has 1 fully saturated rings. The van der Waals surface area contributed by atoms with Crippen molar-refractivity contribution < 1.29 is 9.90 Å². The van der Waals surface area contributed by atoms with Crippen molar-refractivity contribution in [2.75, 3.05) is 18.0 Å². The van der Waals surface area contributed by atoms with E-state index in [9.17, 15) is 4.79 Å². The lowest BCUT2D eigenvalue weighted by molar-refractivity contribution is -0.136. The third kappa shape index (κ3) is 3.00. The Kier molecular flexibility index (Phi) is 4.18. The summed E-state index contributed by atoms with van der Waals surface area (Å²) in [6.07, 6.45) is 8.17. The van der Waals surface area contributed by atoms with Gasteiger partial charge in [0.15, 0.2) is 0 Å². The summed E-state index contributed by atoms with van der Waals surface area (Å²) in [5, 5.41) is 8.81. The zero-order valence-corrected chi connectivity index (χ0v) is 10.9. The van der Waals surface area contributed by atoms with Crippen molar-refractivity contribution in [2.45, 2.75) is 39.0 Å². The van der Waals surface area contributed by atoms with Crippen molar-refractivity contribution >= 4 is 11.7 Å². The van der Waals surface area contributed by atoms with Crippen LogP contribution >= 0.6 is 0 Å². The first-order valence-corrected chi connectivity index (χ1v) is 6.58. The highest BCUT2D eigenvalue weighted by Gasteiger charge is 2.17. The van der Waals surface area contributed by atoms with Crippen LogP contribution in [-0.2, 0) is 11.2 Å². The number of anilines is 1. The van der Waals surface area contributed by atoms with E-state index in [1.807, 2.05) is 12.4 Å². The number of piperidine rings is 1. The molecule has 0 saturated carbocycles. The lowest BCUT2D eigenvalue weighted by atomic mass is 10.0. The average molecular weight is 248 g/mol. The van der Waals surface area contributed by atoms with E-state index >= 15 is 0 Å². The van der Waals surface area contributed by atoms with Crippen LogP contribution in [0.15, 0.2) is 12.4 Å². The van der Waals surface area contributed by atoms with E-state index in [1.165, 1.54) is 24.9 Å². The lowest BCUT2D eigenvalue weighted by Gasteiger charge is -2.31. The normalized spacial score (nSPS) is 15.7. The quantitative estimate of drug-likeness (QED) is 0.889. The number of pyridine rings is 1. The minimum absolute atomic E-state index is 0.173. The predicted molar refractivity (Wildman–Crippen MR) is 71.0 cm³/mol. The SMILES string of the molecule is Cc1cncc(CCC(=O)O)c1N1CCCCC1. The number of hydrogen-bond donors (Lipinski definition) is 1. The fourth-order valence-electron chi connectivity index (χ4n) is 2.61. The summed E-state index contributed by atoms with van der Waals surface area (Å²) >= 11 is 0. The maximum Gasteiger partial charge on any atom is 0.303 e. The van der Waals surface area contributed by atoms with Gasteiger partial charge in [0.25, 0.3) is 0 Å². The van der Waals surface area contributed by atoms with E-state index < -0.39 is 5.97 Å². The predicted octanol–water partition coefficient (Wildman–Crippen LogP) is 2.40. The molecule has 98 valence electrons. The molecule has 1 aromatic rings. The average Bonchev–Trinajstić information content (AvgIpc) is 2.37. The number of hydrogen-bond acceptors (Lipinski definition) is 3. The molecule has 4 nitrogen and oxygen atoms in total. The number of carboxylic acid groups (broad SMARTS) is 1. The van der Waals surface area contributed by atoms with Gasteiger partial charge >= 0.3 is 5.97 Å². The van der Waals surface area contributed by atoms with Crippen molar-refractivity contribution in [1.29, 1.82) is 0 Å². The summed E-state index contributed by atoms with van der Waals surface area (Å²) in [6, 6.07) is 0. The second-order valence-electron chi connectivity index (χ2n) is 4.91. The van der Waals surface area contributed by atoms with E-state index in [-0.39, 0.29) is 6.42 Å². The molecule has 0 bridgehead atoms. The molecular formula is C14H20N2O2. The van der Waals surface area contributed by atoms with Gasteiger partial charge in [0, 0.05) is 37.6 Å². The minimum atomic E-state index is -0.749. The molecule has 1 saturated heterocycles. The van der Waals surface area contributed by atoms with Crippen molar-refractivity contribution in [2.24, 2.45) is 0 Å². The van der Waals surface area contributed by atoms with Gasteiger partial charge < -0.3 is 10.0 Å². The summed E-state index contributed by atoms with van der Waals surface area (Å²) < 4.78 is 0. The van der Waals surface area contributed by atoms with Crippen LogP contribution in [0.3, 0.4) is 0 Å². The molecule has 0 atom stereocenters. The topological polar surface area (TPSA) is 53.4 Å². The lowest BCUT2D eigenvalue weighted by Crippen LogP contribution is -2.31. The molecule has 2 rings (SSSR count). The van der Waals surface area contributed by atoms with E-state index in [0.717, 1.165) is 24.2 Å². The van der Waals surface area contributed by atoms with Crippen molar-refractivity contribution in [1.82, 2.24) is 4.98 Å². The smallest absolute Gasteiger partial charge is 0.303 e. The molecule has 0 aromatic carbocycles. The molecule has 18 heavy (non-hydrogen) atoms. The maximum atomic E-state index is 10.7. The molecule has 1 aliphatic heterocycles. The Bertz CT molecular complexity index is 426. The molecule has 1 aromatic heterocycles. The Morgan fingerprint density at radius 1 is 1.33 bits per heavy atom. The summed E-state index contributed by atoms with van der Waals surface area (Å²) in [5.74, 6) is -0.749. The third-order valence-electron chi connectivity index (χ3n) is 3.46. The summed E-state index contributed by atoms with van der Waals surface area (Å²) in [7, 11) is 0. The molecule has 2 heterocycles. The molecule has 0 spiro atoms. The molecule has 0 unspecified atom stereocenters. The van der Waals surface area contributed by atoms with Gasteiger partial charge in [-0.3, -0.25) is 9.78 Å². The minimum Gasteiger partial charge on any atom is -0.481 e. The van der Waals surface area contributed by atoms with Crippen LogP contribution < -0.4 is 4.90 Å². The first-order valence-electron chi connectivity index (χ1n) is 6.58. The first kappa shape index (κ1) is 12.9. The summed E-state index contributed by atoms with van der Waals surface area (Å²) in [4.78, 5) is 17.3. The van der Waals surface area contributed by atoms with E-state index in [2.05, 4.69) is 16.8 Å².